The Morgan fingerprint density at radius 2 is 1.81 bits per heavy atom. The van der Waals surface area contributed by atoms with Crippen LogP contribution in [0.15, 0.2) is 48.0 Å². The Morgan fingerprint density at radius 1 is 1.06 bits per heavy atom. The van der Waals surface area contributed by atoms with E-state index in [4.69, 9.17) is 9.47 Å². The van der Waals surface area contributed by atoms with Crippen LogP contribution in [-0.2, 0) is 9.47 Å². The van der Waals surface area contributed by atoms with Gasteiger partial charge in [-0.2, -0.15) is 5.26 Å². The average Bonchev–Trinajstić information content (AvgIpc) is 3.30. The van der Waals surface area contributed by atoms with Crippen LogP contribution in [0.25, 0.3) is 16.8 Å². The number of nitrogens with zero attached hydrogens (tertiary/aromatic N) is 2. The predicted octanol–water partition coefficient (Wildman–Crippen LogP) is 4.98. The van der Waals surface area contributed by atoms with Gasteiger partial charge in [0.15, 0.2) is 0 Å². The summed E-state index contributed by atoms with van der Waals surface area (Å²) in [5.41, 5.74) is 5.15. The van der Waals surface area contributed by atoms with Crippen molar-refractivity contribution in [1.82, 2.24) is 4.98 Å². The van der Waals surface area contributed by atoms with E-state index in [-0.39, 0.29) is 16.7 Å². The maximum absolute atomic E-state index is 12.1. The summed E-state index contributed by atoms with van der Waals surface area (Å²) >= 11 is 1.34. The monoisotopic (exact) mass is 447 g/mol. The lowest BCUT2D eigenvalue weighted by atomic mass is 10.1. The highest BCUT2D eigenvalue weighted by atomic mass is 32.1. The number of hydrogen-bond donors (Lipinski definition) is 1. The molecule has 0 atom stereocenters. The minimum absolute atomic E-state index is 0.212. The number of carbonyl (C=O) groups excluding carboxylic acids is 2. The zero-order chi connectivity index (χ0) is 23.3. The van der Waals surface area contributed by atoms with E-state index in [1.54, 1.807) is 0 Å². The summed E-state index contributed by atoms with van der Waals surface area (Å²) in [5.74, 6) is -1.13. The number of ether oxygens (including phenoxy) is 2. The van der Waals surface area contributed by atoms with Gasteiger partial charge in [-0.15, -0.1) is 11.3 Å². The fraction of sp³-hybridized carbons (Fsp3) is 0.167. The van der Waals surface area contributed by atoms with E-state index in [2.05, 4.69) is 22.4 Å². The normalized spacial score (nSPS) is 10.9. The van der Waals surface area contributed by atoms with Gasteiger partial charge in [0, 0.05) is 17.1 Å². The highest BCUT2D eigenvalue weighted by Gasteiger charge is 2.16. The number of allylic oxidation sites excluding steroid dienone is 1. The van der Waals surface area contributed by atoms with Crippen LogP contribution in [0.4, 0.5) is 5.69 Å². The third-order valence-corrected chi connectivity index (χ3v) is 5.75. The molecule has 0 radical (unpaired) electrons. The van der Waals surface area contributed by atoms with Gasteiger partial charge in [0.2, 0.25) is 0 Å². The van der Waals surface area contributed by atoms with Crippen molar-refractivity contribution in [2.24, 2.45) is 0 Å². The van der Waals surface area contributed by atoms with E-state index in [1.807, 2.05) is 31.4 Å². The number of aryl methyl sites for hydroxylation is 2. The minimum Gasteiger partial charge on any atom is -0.465 e. The van der Waals surface area contributed by atoms with Gasteiger partial charge in [-0.05, 0) is 49.2 Å². The van der Waals surface area contributed by atoms with Crippen molar-refractivity contribution in [3.05, 3.63) is 75.2 Å². The fourth-order valence-electron chi connectivity index (χ4n) is 2.92. The number of thiazole rings is 1. The molecule has 1 N–H and O–H groups in total. The van der Waals surface area contributed by atoms with Gasteiger partial charge in [0.25, 0.3) is 0 Å². The number of hydrogen-bond acceptors (Lipinski definition) is 8. The van der Waals surface area contributed by atoms with Gasteiger partial charge in [0.1, 0.15) is 16.6 Å². The van der Waals surface area contributed by atoms with E-state index in [0.29, 0.717) is 10.7 Å². The molecule has 1 heterocycles. The van der Waals surface area contributed by atoms with Gasteiger partial charge < -0.3 is 14.8 Å². The van der Waals surface area contributed by atoms with Crippen LogP contribution < -0.4 is 5.32 Å². The van der Waals surface area contributed by atoms with Crippen molar-refractivity contribution in [2.75, 3.05) is 19.5 Å². The molecular formula is C24H21N3O4S. The molecule has 0 bridgehead atoms. The second-order valence-electron chi connectivity index (χ2n) is 6.89. The van der Waals surface area contributed by atoms with Crippen molar-refractivity contribution in [2.45, 2.75) is 13.8 Å². The van der Waals surface area contributed by atoms with Crippen molar-refractivity contribution >= 4 is 34.5 Å². The lowest BCUT2D eigenvalue weighted by molar-refractivity contribution is 0.0587. The van der Waals surface area contributed by atoms with E-state index < -0.39 is 11.9 Å². The molecule has 0 aliphatic rings. The molecule has 3 rings (SSSR count). The summed E-state index contributed by atoms with van der Waals surface area (Å²) in [5, 5.41) is 15.0. The first-order chi connectivity index (χ1) is 15.4. The van der Waals surface area contributed by atoms with Crippen LogP contribution in [0.5, 0.6) is 0 Å². The van der Waals surface area contributed by atoms with E-state index in [1.165, 1.54) is 55.5 Å². The van der Waals surface area contributed by atoms with Crippen LogP contribution in [0.3, 0.4) is 0 Å². The van der Waals surface area contributed by atoms with Crippen LogP contribution in [0, 0.1) is 25.2 Å². The molecular weight excluding hydrogens is 426 g/mol. The summed E-state index contributed by atoms with van der Waals surface area (Å²) in [6.45, 7) is 4.09. The molecule has 3 aromatic rings. The summed E-state index contributed by atoms with van der Waals surface area (Å²) in [6, 6.07) is 12.6. The van der Waals surface area contributed by atoms with Crippen LogP contribution in [-0.4, -0.2) is 31.1 Å². The largest absolute Gasteiger partial charge is 0.465 e. The molecule has 0 saturated heterocycles. The molecule has 32 heavy (non-hydrogen) atoms. The van der Waals surface area contributed by atoms with Gasteiger partial charge in [0.05, 0.1) is 36.7 Å². The Balaban J connectivity index is 1.93. The number of carbonyl (C=O) groups is 2. The molecule has 0 unspecified atom stereocenters. The third-order valence-electron chi connectivity index (χ3n) is 4.88. The zero-order valence-electron chi connectivity index (χ0n) is 18.1. The second-order valence-corrected chi connectivity index (χ2v) is 7.75. The Kier molecular flexibility index (Phi) is 7.03. The summed E-state index contributed by atoms with van der Waals surface area (Å²) in [7, 11) is 2.54. The fourth-order valence-corrected chi connectivity index (χ4v) is 3.71. The lowest BCUT2D eigenvalue weighted by Crippen LogP contribution is -2.08. The molecule has 0 spiro atoms. The molecule has 0 fully saturated rings. The van der Waals surface area contributed by atoms with Gasteiger partial charge in [-0.25, -0.2) is 14.6 Å². The number of methoxy groups -OCH3 is 2. The molecule has 162 valence electrons. The molecule has 0 amide bonds. The number of benzene rings is 2. The quantitative estimate of drug-likeness (QED) is 0.420. The first kappa shape index (κ1) is 22.7. The van der Waals surface area contributed by atoms with Crippen LogP contribution in [0.2, 0.25) is 0 Å². The van der Waals surface area contributed by atoms with E-state index >= 15 is 0 Å². The molecule has 0 aliphatic heterocycles. The maximum atomic E-state index is 12.1. The number of nitriles is 1. The van der Waals surface area contributed by atoms with Gasteiger partial charge in [-0.1, -0.05) is 12.1 Å². The summed E-state index contributed by atoms with van der Waals surface area (Å²) in [4.78, 5) is 28.6. The molecule has 0 saturated carbocycles. The molecule has 0 aliphatic carbocycles. The predicted molar refractivity (Wildman–Crippen MR) is 123 cm³/mol. The summed E-state index contributed by atoms with van der Waals surface area (Å²) < 4.78 is 9.54. The smallest absolute Gasteiger partial charge is 0.339 e. The van der Waals surface area contributed by atoms with E-state index in [9.17, 15) is 14.9 Å². The topological polar surface area (TPSA) is 101 Å². The van der Waals surface area contributed by atoms with Crippen molar-refractivity contribution in [1.29, 1.82) is 5.26 Å². The Hall–Kier alpha value is -3.96. The summed E-state index contributed by atoms with van der Waals surface area (Å²) in [6.07, 6.45) is 1.45. The van der Waals surface area contributed by atoms with E-state index in [0.717, 1.165) is 16.8 Å². The average molecular weight is 448 g/mol. The number of rotatable bonds is 6. The number of esters is 2. The first-order valence-corrected chi connectivity index (χ1v) is 10.5. The number of aromatic nitrogens is 1. The lowest BCUT2D eigenvalue weighted by Gasteiger charge is -2.10. The van der Waals surface area contributed by atoms with Crippen molar-refractivity contribution in [3.8, 4) is 17.3 Å². The standard InChI is InChI=1S/C24H21N3O4S/c1-14-5-6-16(9-15(14)2)21-13-32-22(27-21)18(11-25)12-26-20-10-17(23(28)30-3)7-8-19(20)24(29)31-4/h5-10,12-13,26H,1-4H3. The van der Waals surface area contributed by atoms with Crippen molar-refractivity contribution in [3.63, 3.8) is 0 Å². The highest BCUT2D eigenvalue weighted by molar-refractivity contribution is 7.11. The van der Waals surface area contributed by atoms with Gasteiger partial charge in [-0.3, -0.25) is 0 Å². The Bertz CT molecular complexity index is 1250. The maximum Gasteiger partial charge on any atom is 0.339 e. The molecule has 8 heteroatoms. The Labute approximate surface area is 189 Å². The SMILES string of the molecule is COC(=O)c1ccc(C(=O)OC)c(NC=C(C#N)c2nc(-c3ccc(C)c(C)c3)cs2)c1. The van der Waals surface area contributed by atoms with Crippen LogP contribution >= 0.6 is 11.3 Å². The number of anilines is 1. The van der Waals surface area contributed by atoms with Crippen molar-refractivity contribution < 1.29 is 19.1 Å². The third kappa shape index (κ3) is 4.85. The number of nitrogens with one attached hydrogen (secondary N) is 1. The molecule has 7 nitrogen and oxygen atoms in total. The highest BCUT2D eigenvalue weighted by Crippen LogP contribution is 2.28. The second kappa shape index (κ2) is 9.90. The molecule has 2 aromatic carbocycles. The Morgan fingerprint density at radius 3 is 2.47 bits per heavy atom. The minimum atomic E-state index is -0.581. The zero-order valence-corrected chi connectivity index (χ0v) is 18.9. The van der Waals surface area contributed by atoms with Gasteiger partial charge >= 0.3 is 11.9 Å². The first-order valence-electron chi connectivity index (χ1n) is 9.59. The molecule has 1 aromatic heterocycles. The van der Waals surface area contributed by atoms with Crippen LogP contribution in [0.1, 0.15) is 36.9 Å².